The number of amides is 1. The highest BCUT2D eigenvalue weighted by Gasteiger charge is 2.24. The van der Waals surface area contributed by atoms with Crippen molar-refractivity contribution >= 4 is 11.9 Å². The summed E-state index contributed by atoms with van der Waals surface area (Å²) in [4.78, 5) is 14.2. The number of para-hydroxylation sites is 1. The minimum atomic E-state index is -0.646. The molecule has 0 N–H and O–H groups in total. The normalized spacial score (nSPS) is 11.8. The number of carbonyl (C=O) groups excluding carboxylic acids is 1. The third-order valence-electron chi connectivity index (χ3n) is 3.84. The van der Waals surface area contributed by atoms with E-state index >= 15 is 0 Å². The van der Waals surface area contributed by atoms with Crippen molar-refractivity contribution < 1.29 is 9.53 Å². The zero-order chi connectivity index (χ0) is 17.8. The highest BCUT2D eigenvalue weighted by Crippen LogP contribution is 2.19. The van der Waals surface area contributed by atoms with E-state index in [0.717, 1.165) is 11.3 Å². The summed E-state index contributed by atoms with van der Waals surface area (Å²) in [7, 11) is 1.67. The van der Waals surface area contributed by atoms with Crippen LogP contribution in [-0.4, -0.2) is 33.8 Å². The first-order chi connectivity index (χ1) is 12.1. The first-order valence-corrected chi connectivity index (χ1v) is 8.02. The maximum Gasteiger partial charge on any atom is 0.269 e. The first-order valence-electron chi connectivity index (χ1n) is 8.02. The minimum absolute atomic E-state index is 0.202. The number of anilines is 1. The van der Waals surface area contributed by atoms with Crippen LogP contribution in [-0.2, 0) is 4.79 Å². The van der Waals surface area contributed by atoms with Gasteiger partial charge in [-0.25, -0.2) is 0 Å². The van der Waals surface area contributed by atoms with Gasteiger partial charge in [-0.15, -0.1) is 10.2 Å². The molecule has 0 bridgehead atoms. The van der Waals surface area contributed by atoms with E-state index in [9.17, 15) is 4.79 Å². The topological polar surface area (TPSA) is 60.2 Å². The number of nitrogens with zero attached hydrogens (tertiary/aromatic N) is 4. The number of hydrogen-bond donors (Lipinski definition) is 0. The molecule has 0 saturated carbocycles. The Bertz CT molecular complexity index is 861. The molecule has 0 saturated heterocycles. The second kappa shape index (κ2) is 7.17. The Hall–Kier alpha value is -3.15. The van der Waals surface area contributed by atoms with Gasteiger partial charge in [0.25, 0.3) is 5.91 Å². The standard InChI is InChI=1S/C19H20N4O2/c1-14-8-7-11-17(12-14)25-15(2)18(24)22(3)19-21-20-13-23(19)16-9-5-4-6-10-16/h4-13,15H,1-3H3. The van der Waals surface area contributed by atoms with E-state index in [2.05, 4.69) is 10.2 Å². The molecule has 1 atom stereocenters. The SMILES string of the molecule is Cc1cccc(OC(C)C(=O)N(C)c2nncn2-c2ccccc2)c1. The molecule has 0 aliphatic heterocycles. The Morgan fingerprint density at radius 1 is 1.16 bits per heavy atom. The fourth-order valence-electron chi connectivity index (χ4n) is 2.54. The van der Waals surface area contributed by atoms with Gasteiger partial charge in [0.15, 0.2) is 6.10 Å². The van der Waals surface area contributed by atoms with Crippen molar-refractivity contribution in [3.63, 3.8) is 0 Å². The number of carbonyl (C=O) groups is 1. The molecule has 0 aliphatic rings. The molecule has 3 aromatic rings. The second-order valence-electron chi connectivity index (χ2n) is 5.81. The summed E-state index contributed by atoms with van der Waals surface area (Å²) >= 11 is 0. The summed E-state index contributed by atoms with van der Waals surface area (Å²) in [5.41, 5.74) is 1.96. The van der Waals surface area contributed by atoms with Gasteiger partial charge in [0.05, 0.1) is 5.69 Å². The summed E-state index contributed by atoms with van der Waals surface area (Å²) < 4.78 is 7.53. The quantitative estimate of drug-likeness (QED) is 0.718. The van der Waals surface area contributed by atoms with Crippen molar-refractivity contribution in [2.45, 2.75) is 20.0 Å². The first kappa shape index (κ1) is 16.7. The molecule has 6 heteroatoms. The third kappa shape index (κ3) is 3.68. The lowest BCUT2D eigenvalue weighted by atomic mass is 10.2. The fraction of sp³-hybridized carbons (Fsp3) is 0.211. The largest absolute Gasteiger partial charge is 0.481 e. The van der Waals surface area contributed by atoms with Crippen molar-refractivity contribution in [3.8, 4) is 11.4 Å². The van der Waals surface area contributed by atoms with Gasteiger partial charge in [0.1, 0.15) is 12.1 Å². The van der Waals surface area contributed by atoms with E-state index in [4.69, 9.17) is 4.74 Å². The number of hydrogen-bond acceptors (Lipinski definition) is 4. The smallest absolute Gasteiger partial charge is 0.269 e. The Morgan fingerprint density at radius 3 is 2.64 bits per heavy atom. The van der Waals surface area contributed by atoms with Crippen LogP contribution in [0, 0.1) is 6.92 Å². The van der Waals surface area contributed by atoms with Crippen molar-refractivity contribution in [2.75, 3.05) is 11.9 Å². The molecule has 128 valence electrons. The second-order valence-corrected chi connectivity index (χ2v) is 5.81. The molecule has 1 amide bonds. The number of aromatic nitrogens is 3. The summed E-state index contributed by atoms with van der Waals surface area (Å²) in [6.45, 7) is 3.71. The zero-order valence-electron chi connectivity index (χ0n) is 14.5. The predicted molar refractivity (Wildman–Crippen MR) is 96.0 cm³/mol. The lowest BCUT2D eigenvalue weighted by Gasteiger charge is -2.21. The van der Waals surface area contributed by atoms with Crippen LogP contribution in [0.2, 0.25) is 0 Å². The van der Waals surface area contributed by atoms with Crippen molar-refractivity contribution in [2.24, 2.45) is 0 Å². The van der Waals surface area contributed by atoms with Crippen molar-refractivity contribution in [1.29, 1.82) is 0 Å². The summed E-state index contributed by atoms with van der Waals surface area (Å²) in [6.07, 6.45) is 0.938. The van der Waals surface area contributed by atoms with Crippen LogP contribution in [0.5, 0.6) is 5.75 Å². The summed E-state index contributed by atoms with van der Waals surface area (Å²) in [5.74, 6) is 0.904. The molecule has 25 heavy (non-hydrogen) atoms. The van der Waals surface area contributed by atoms with Crippen LogP contribution >= 0.6 is 0 Å². The summed E-state index contributed by atoms with van der Waals surface area (Å²) in [6, 6.07) is 17.2. The highest BCUT2D eigenvalue weighted by molar-refractivity contribution is 5.94. The summed E-state index contributed by atoms with van der Waals surface area (Å²) in [5, 5.41) is 8.01. The molecule has 6 nitrogen and oxygen atoms in total. The van der Waals surface area contributed by atoms with Gasteiger partial charge in [-0.1, -0.05) is 30.3 Å². The third-order valence-corrected chi connectivity index (χ3v) is 3.84. The van der Waals surface area contributed by atoms with Gasteiger partial charge in [-0.2, -0.15) is 0 Å². The van der Waals surface area contributed by atoms with Crippen molar-refractivity contribution in [1.82, 2.24) is 14.8 Å². The molecular formula is C19H20N4O2. The van der Waals surface area contributed by atoms with Crippen LogP contribution in [0.4, 0.5) is 5.95 Å². The molecule has 0 fully saturated rings. The molecule has 1 heterocycles. The molecule has 3 rings (SSSR count). The monoisotopic (exact) mass is 336 g/mol. The maximum atomic E-state index is 12.7. The van der Waals surface area contributed by atoms with E-state index in [-0.39, 0.29) is 5.91 Å². The van der Waals surface area contributed by atoms with Gasteiger partial charge in [-0.3, -0.25) is 14.3 Å². The minimum Gasteiger partial charge on any atom is -0.481 e. The number of benzene rings is 2. The van der Waals surface area contributed by atoms with Gasteiger partial charge < -0.3 is 4.74 Å². The van der Waals surface area contributed by atoms with Gasteiger partial charge in [0, 0.05) is 7.05 Å². The molecule has 0 aliphatic carbocycles. The lowest BCUT2D eigenvalue weighted by molar-refractivity contribution is -0.124. The molecule has 0 radical (unpaired) electrons. The lowest BCUT2D eigenvalue weighted by Crippen LogP contribution is -2.39. The number of rotatable bonds is 5. The fourth-order valence-corrected chi connectivity index (χ4v) is 2.54. The molecule has 1 aromatic heterocycles. The molecule has 0 spiro atoms. The predicted octanol–water partition coefficient (Wildman–Crippen LogP) is 3.01. The Kier molecular flexibility index (Phi) is 4.79. The van der Waals surface area contributed by atoms with Crippen LogP contribution in [0.15, 0.2) is 60.9 Å². The number of aryl methyl sites for hydroxylation is 1. The van der Waals surface area contributed by atoms with E-state index in [1.54, 1.807) is 24.9 Å². The Balaban J connectivity index is 1.78. The molecular weight excluding hydrogens is 316 g/mol. The van der Waals surface area contributed by atoms with E-state index in [1.807, 2.05) is 61.5 Å². The molecule has 1 unspecified atom stereocenters. The van der Waals surface area contributed by atoms with E-state index in [0.29, 0.717) is 11.7 Å². The van der Waals surface area contributed by atoms with Crippen LogP contribution in [0.1, 0.15) is 12.5 Å². The van der Waals surface area contributed by atoms with Crippen molar-refractivity contribution in [3.05, 3.63) is 66.5 Å². The van der Waals surface area contributed by atoms with Crippen LogP contribution in [0.3, 0.4) is 0 Å². The average molecular weight is 336 g/mol. The van der Waals surface area contributed by atoms with Gasteiger partial charge in [0.2, 0.25) is 5.95 Å². The van der Waals surface area contributed by atoms with Gasteiger partial charge >= 0.3 is 0 Å². The Labute approximate surface area is 146 Å². The number of ether oxygens (including phenoxy) is 1. The Morgan fingerprint density at radius 2 is 1.92 bits per heavy atom. The highest BCUT2D eigenvalue weighted by atomic mass is 16.5. The van der Waals surface area contributed by atoms with E-state index < -0.39 is 6.10 Å². The average Bonchev–Trinajstić information content (AvgIpc) is 3.11. The number of likely N-dealkylation sites (N-methyl/N-ethyl adjacent to an activating group) is 1. The maximum absolute atomic E-state index is 12.7. The molecule has 2 aromatic carbocycles. The van der Waals surface area contributed by atoms with Gasteiger partial charge in [-0.05, 0) is 43.7 Å². The zero-order valence-corrected chi connectivity index (χ0v) is 14.5. The van der Waals surface area contributed by atoms with Crippen LogP contribution in [0.25, 0.3) is 5.69 Å². The van der Waals surface area contributed by atoms with E-state index in [1.165, 1.54) is 4.90 Å². The van der Waals surface area contributed by atoms with Crippen LogP contribution < -0.4 is 9.64 Å².